The summed E-state index contributed by atoms with van der Waals surface area (Å²) < 4.78 is 12.0. The smallest absolute Gasteiger partial charge is 0.319 e. The van der Waals surface area contributed by atoms with Crippen LogP contribution < -0.4 is 5.73 Å². The topological polar surface area (TPSA) is 80.4 Å². The number of hydrogen-bond donors (Lipinski definition) is 2. The molecule has 0 amide bonds. The zero-order valence-electron chi connectivity index (χ0n) is 10.2. The van der Waals surface area contributed by atoms with Gasteiger partial charge in [0.2, 0.25) is 0 Å². The van der Waals surface area contributed by atoms with Crippen molar-refractivity contribution in [2.24, 2.45) is 5.73 Å². The van der Waals surface area contributed by atoms with Crippen LogP contribution in [-0.2, 0) is 21.3 Å². The molecule has 0 aliphatic heterocycles. The molecule has 0 saturated carbocycles. The minimum absolute atomic E-state index is 0.292. The Morgan fingerprint density at radius 2 is 1.94 bits per heavy atom. The molecule has 5 heteroatoms. The molecule has 1 aromatic rings. The monoisotopic (exact) mass is 269 g/mol. The fourth-order valence-corrected chi connectivity index (χ4v) is 3.06. The fraction of sp³-hybridized carbons (Fsp3) is 0.462. The van der Waals surface area contributed by atoms with Gasteiger partial charge in [-0.05, 0) is 24.9 Å². The van der Waals surface area contributed by atoms with E-state index in [9.17, 15) is 9.00 Å². The van der Waals surface area contributed by atoms with Crippen LogP contribution in [0.4, 0.5) is 0 Å². The number of carbonyl (C=O) groups is 1. The summed E-state index contributed by atoms with van der Waals surface area (Å²) >= 11 is 0. The van der Waals surface area contributed by atoms with Gasteiger partial charge in [-0.2, -0.15) is 0 Å². The van der Waals surface area contributed by atoms with Gasteiger partial charge in [0.1, 0.15) is 5.25 Å². The van der Waals surface area contributed by atoms with Crippen molar-refractivity contribution in [3.8, 4) is 0 Å². The first kappa shape index (κ1) is 14.9. The van der Waals surface area contributed by atoms with E-state index in [1.54, 1.807) is 0 Å². The molecule has 1 rings (SSSR count). The molecule has 100 valence electrons. The molecule has 2 atom stereocenters. The van der Waals surface area contributed by atoms with Crippen molar-refractivity contribution < 1.29 is 14.1 Å². The van der Waals surface area contributed by atoms with Gasteiger partial charge in [0.15, 0.2) is 0 Å². The van der Waals surface area contributed by atoms with E-state index in [4.69, 9.17) is 10.8 Å². The third-order valence-electron chi connectivity index (χ3n) is 2.66. The molecule has 0 aliphatic rings. The highest BCUT2D eigenvalue weighted by Crippen LogP contribution is 2.13. The molecular weight excluding hydrogens is 250 g/mol. The molecule has 0 saturated heterocycles. The van der Waals surface area contributed by atoms with Crippen molar-refractivity contribution in [3.05, 3.63) is 35.9 Å². The van der Waals surface area contributed by atoms with Crippen molar-refractivity contribution in [2.75, 3.05) is 6.54 Å². The van der Waals surface area contributed by atoms with Gasteiger partial charge in [-0.3, -0.25) is 9.00 Å². The van der Waals surface area contributed by atoms with Crippen LogP contribution >= 0.6 is 0 Å². The van der Waals surface area contributed by atoms with Crippen LogP contribution in [0.2, 0.25) is 0 Å². The van der Waals surface area contributed by atoms with Gasteiger partial charge in [-0.15, -0.1) is 0 Å². The van der Waals surface area contributed by atoms with E-state index in [0.29, 0.717) is 25.1 Å². The molecule has 0 radical (unpaired) electrons. The summed E-state index contributed by atoms with van der Waals surface area (Å²) in [5.74, 6) is -0.693. The maximum atomic E-state index is 12.0. The van der Waals surface area contributed by atoms with Gasteiger partial charge in [-0.1, -0.05) is 36.8 Å². The summed E-state index contributed by atoms with van der Waals surface area (Å²) in [6, 6.07) is 9.31. The predicted molar refractivity (Wildman–Crippen MR) is 72.6 cm³/mol. The number of carboxylic acids is 1. The molecule has 0 aliphatic carbocycles. The average molecular weight is 269 g/mol. The van der Waals surface area contributed by atoms with Crippen molar-refractivity contribution >= 4 is 16.8 Å². The van der Waals surface area contributed by atoms with Crippen LogP contribution in [-0.4, -0.2) is 27.1 Å². The molecule has 0 heterocycles. The van der Waals surface area contributed by atoms with Crippen LogP contribution in [0.5, 0.6) is 0 Å². The number of benzene rings is 1. The standard InChI is InChI=1S/C13H19NO3S/c14-9-5-4-8-12(13(15)16)18(17)10-11-6-2-1-3-7-11/h1-3,6-7,12H,4-5,8-10,14H2,(H,15,16). The Morgan fingerprint density at radius 1 is 1.28 bits per heavy atom. The Morgan fingerprint density at radius 3 is 2.50 bits per heavy atom. The second-order valence-corrected chi connectivity index (χ2v) is 5.74. The minimum Gasteiger partial charge on any atom is -0.480 e. The summed E-state index contributed by atoms with van der Waals surface area (Å²) in [7, 11) is -1.38. The van der Waals surface area contributed by atoms with Crippen LogP contribution in [0.1, 0.15) is 24.8 Å². The van der Waals surface area contributed by atoms with Crippen molar-refractivity contribution in [3.63, 3.8) is 0 Å². The number of aliphatic carboxylic acids is 1. The Hall–Kier alpha value is -1.20. The third-order valence-corrected chi connectivity index (χ3v) is 4.35. The van der Waals surface area contributed by atoms with Crippen LogP contribution in [0.25, 0.3) is 0 Å². The lowest BCUT2D eigenvalue weighted by Gasteiger charge is -2.12. The van der Waals surface area contributed by atoms with Gasteiger partial charge in [0, 0.05) is 16.6 Å². The van der Waals surface area contributed by atoms with E-state index in [-0.39, 0.29) is 0 Å². The highest BCUT2D eigenvalue weighted by Gasteiger charge is 2.24. The zero-order chi connectivity index (χ0) is 13.4. The lowest BCUT2D eigenvalue weighted by atomic mass is 10.2. The van der Waals surface area contributed by atoms with Crippen molar-refractivity contribution in [1.82, 2.24) is 0 Å². The normalized spacial score (nSPS) is 14.1. The SMILES string of the molecule is NCCCCC(C(=O)O)S(=O)Cc1ccccc1. The minimum atomic E-state index is -1.38. The maximum Gasteiger partial charge on any atom is 0.319 e. The van der Waals surface area contributed by atoms with Gasteiger partial charge in [0.05, 0.1) is 0 Å². The molecule has 4 nitrogen and oxygen atoms in total. The lowest BCUT2D eigenvalue weighted by Crippen LogP contribution is -2.26. The van der Waals surface area contributed by atoms with Crippen LogP contribution in [0.15, 0.2) is 30.3 Å². The molecule has 0 spiro atoms. The van der Waals surface area contributed by atoms with Gasteiger partial charge < -0.3 is 10.8 Å². The molecular formula is C13H19NO3S. The summed E-state index contributed by atoms with van der Waals surface area (Å²) in [6.45, 7) is 0.539. The first-order valence-corrected chi connectivity index (χ1v) is 7.37. The average Bonchev–Trinajstić information content (AvgIpc) is 2.35. The van der Waals surface area contributed by atoms with Crippen molar-refractivity contribution in [2.45, 2.75) is 30.3 Å². The van der Waals surface area contributed by atoms with Gasteiger partial charge in [-0.25, -0.2) is 0 Å². The number of hydrogen-bond acceptors (Lipinski definition) is 3. The van der Waals surface area contributed by atoms with Crippen LogP contribution in [0.3, 0.4) is 0 Å². The van der Waals surface area contributed by atoms with E-state index in [0.717, 1.165) is 12.0 Å². The first-order valence-electron chi connectivity index (χ1n) is 5.99. The van der Waals surface area contributed by atoms with E-state index < -0.39 is 22.0 Å². The molecule has 18 heavy (non-hydrogen) atoms. The molecule has 0 bridgehead atoms. The lowest BCUT2D eigenvalue weighted by molar-refractivity contribution is -0.136. The molecule has 0 aromatic heterocycles. The highest BCUT2D eigenvalue weighted by atomic mass is 32.2. The summed E-state index contributed by atoms with van der Waals surface area (Å²) in [4.78, 5) is 11.1. The molecule has 2 unspecified atom stereocenters. The second-order valence-electron chi connectivity index (χ2n) is 4.12. The quantitative estimate of drug-likeness (QED) is 0.701. The first-order chi connectivity index (χ1) is 8.65. The van der Waals surface area contributed by atoms with Gasteiger partial charge >= 0.3 is 5.97 Å². The summed E-state index contributed by atoms with van der Waals surface area (Å²) in [5, 5.41) is 8.30. The molecule has 3 N–H and O–H groups in total. The Bertz CT molecular complexity index is 394. The number of unbranched alkanes of at least 4 members (excludes halogenated alkanes) is 1. The van der Waals surface area contributed by atoms with E-state index in [1.807, 2.05) is 30.3 Å². The molecule has 1 aromatic carbocycles. The third kappa shape index (κ3) is 4.98. The summed E-state index contributed by atoms with van der Waals surface area (Å²) in [6.07, 6.45) is 1.90. The summed E-state index contributed by atoms with van der Waals surface area (Å²) in [5.41, 5.74) is 6.27. The van der Waals surface area contributed by atoms with Crippen LogP contribution in [0, 0.1) is 0 Å². The maximum absolute atomic E-state index is 12.0. The number of rotatable bonds is 8. The fourth-order valence-electron chi connectivity index (χ4n) is 1.68. The van der Waals surface area contributed by atoms with Gasteiger partial charge in [0.25, 0.3) is 0 Å². The predicted octanol–water partition coefficient (Wildman–Crippen LogP) is 1.52. The largest absolute Gasteiger partial charge is 0.480 e. The Labute approximate surface area is 110 Å². The molecule has 0 fully saturated rings. The zero-order valence-corrected chi connectivity index (χ0v) is 11.1. The number of nitrogens with two attached hydrogens (primary N) is 1. The highest BCUT2D eigenvalue weighted by molar-refractivity contribution is 7.85. The Kier molecular flexibility index (Phi) is 6.60. The number of carboxylic acid groups (broad SMARTS) is 1. The van der Waals surface area contributed by atoms with Crippen molar-refractivity contribution in [1.29, 1.82) is 0 Å². The van der Waals surface area contributed by atoms with E-state index >= 15 is 0 Å². The Balaban J connectivity index is 2.57. The second kappa shape index (κ2) is 8.00. The van der Waals surface area contributed by atoms with E-state index in [2.05, 4.69) is 0 Å². The van der Waals surface area contributed by atoms with E-state index in [1.165, 1.54) is 0 Å².